The first-order valence-corrected chi connectivity index (χ1v) is 6.37. The number of anilines is 2. The normalized spacial score (nSPS) is 12.9. The Morgan fingerprint density at radius 1 is 1.20 bits per heavy atom. The van der Waals surface area contributed by atoms with Crippen LogP contribution in [-0.2, 0) is 0 Å². The molecule has 1 aromatic heterocycles. The summed E-state index contributed by atoms with van der Waals surface area (Å²) in [4.78, 5) is 7.98. The minimum Gasteiger partial charge on any atom is -0.490 e. The molecule has 2 heterocycles. The van der Waals surface area contributed by atoms with Crippen molar-refractivity contribution in [2.45, 2.75) is 0 Å². The predicted octanol–water partition coefficient (Wildman–Crippen LogP) is 2.65. The largest absolute Gasteiger partial charge is 0.490 e. The van der Waals surface area contributed by atoms with Crippen molar-refractivity contribution in [1.29, 1.82) is 0 Å². The van der Waals surface area contributed by atoms with E-state index in [1.165, 1.54) is 13.4 Å². The summed E-state index contributed by atoms with van der Waals surface area (Å²) in [7, 11) is 1.51. The van der Waals surface area contributed by atoms with Gasteiger partial charge in [-0.3, -0.25) is 0 Å². The summed E-state index contributed by atoms with van der Waals surface area (Å²) in [5.74, 6) is 2.31. The Balaban J connectivity index is 1.90. The lowest BCUT2D eigenvalue weighted by molar-refractivity contribution is 0.171. The van der Waals surface area contributed by atoms with Crippen molar-refractivity contribution in [1.82, 2.24) is 9.97 Å². The Kier molecular flexibility index (Phi) is 3.47. The molecule has 104 valence electrons. The summed E-state index contributed by atoms with van der Waals surface area (Å²) in [6.45, 7) is 1.11. The van der Waals surface area contributed by atoms with E-state index >= 15 is 0 Å². The molecule has 0 amide bonds. The SMILES string of the molecule is COc1c(Cl)ncnc1Nc1ccc2c(c1)OCCO2. The van der Waals surface area contributed by atoms with Crippen molar-refractivity contribution in [3.63, 3.8) is 0 Å². The van der Waals surface area contributed by atoms with Crippen LogP contribution in [0.2, 0.25) is 5.15 Å². The molecule has 0 radical (unpaired) electrons. The van der Waals surface area contributed by atoms with E-state index in [0.717, 1.165) is 11.4 Å². The summed E-state index contributed by atoms with van der Waals surface area (Å²) < 4.78 is 16.2. The van der Waals surface area contributed by atoms with E-state index in [1.807, 2.05) is 18.2 Å². The van der Waals surface area contributed by atoms with E-state index in [4.69, 9.17) is 25.8 Å². The van der Waals surface area contributed by atoms with Gasteiger partial charge in [0.25, 0.3) is 0 Å². The molecule has 1 aliphatic heterocycles. The summed E-state index contributed by atoms with van der Waals surface area (Å²) >= 11 is 5.95. The Bertz CT molecular complexity index is 636. The molecule has 1 aliphatic rings. The Morgan fingerprint density at radius 2 is 2.00 bits per heavy atom. The number of nitrogens with zero attached hydrogens (tertiary/aromatic N) is 2. The van der Waals surface area contributed by atoms with Gasteiger partial charge in [0.15, 0.2) is 28.2 Å². The van der Waals surface area contributed by atoms with E-state index in [0.29, 0.717) is 30.5 Å². The molecule has 2 aromatic rings. The number of benzene rings is 1. The molecule has 7 heteroatoms. The van der Waals surface area contributed by atoms with Crippen molar-refractivity contribution in [2.24, 2.45) is 0 Å². The van der Waals surface area contributed by atoms with Crippen molar-refractivity contribution in [3.05, 3.63) is 29.7 Å². The van der Waals surface area contributed by atoms with E-state index in [-0.39, 0.29) is 5.15 Å². The molecule has 0 saturated heterocycles. The average molecular weight is 294 g/mol. The third kappa shape index (κ3) is 2.42. The third-order valence-corrected chi connectivity index (χ3v) is 3.04. The quantitative estimate of drug-likeness (QED) is 0.878. The lowest BCUT2D eigenvalue weighted by atomic mass is 10.2. The number of halogens is 1. The van der Waals surface area contributed by atoms with Crippen LogP contribution in [0.4, 0.5) is 11.5 Å². The molecule has 6 nitrogen and oxygen atoms in total. The maximum absolute atomic E-state index is 5.95. The number of hydrogen-bond acceptors (Lipinski definition) is 6. The molecule has 0 spiro atoms. The standard InChI is InChI=1S/C13H12ClN3O3/c1-18-11-12(14)15-7-16-13(11)17-8-2-3-9-10(6-8)20-5-4-19-9/h2-3,6-7H,4-5H2,1H3,(H,15,16,17). The molecule has 1 aromatic carbocycles. The van der Waals surface area contributed by atoms with Gasteiger partial charge in [-0.15, -0.1) is 0 Å². The van der Waals surface area contributed by atoms with Crippen LogP contribution in [0.15, 0.2) is 24.5 Å². The maximum atomic E-state index is 5.95. The van der Waals surface area contributed by atoms with Crippen LogP contribution in [0.3, 0.4) is 0 Å². The molecule has 0 unspecified atom stereocenters. The van der Waals surface area contributed by atoms with Crippen LogP contribution in [0.1, 0.15) is 0 Å². The number of fused-ring (bicyclic) bond motifs is 1. The number of methoxy groups -OCH3 is 1. The van der Waals surface area contributed by atoms with Gasteiger partial charge in [0.05, 0.1) is 7.11 Å². The highest BCUT2D eigenvalue weighted by molar-refractivity contribution is 6.31. The first-order valence-electron chi connectivity index (χ1n) is 5.99. The van der Waals surface area contributed by atoms with Crippen LogP contribution in [0, 0.1) is 0 Å². The highest BCUT2D eigenvalue weighted by Gasteiger charge is 2.14. The zero-order valence-corrected chi connectivity index (χ0v) is 11.5. The van der Waals surface area contributed by atoms with E-state index < -0.39 is 0 Å². The highest BCUT2D eigenvalue weighted by atomic mass is 35.5. The summed E-state index contributed by atoms with van der Waals surface area (Å²) in [6, 6.07) is 5.54. The number of ether oxygens (including phenoxy) is 3. The van der Waals surface area contributed by atoms with Crippen LogP contribution in [0.25, 0.3) is 0 Å². The summed E-state index contributed by atoms with van der Waals surface area (Å²) in [5, 5.41) is 3.37. The van der Waals surface area contributed by atoms with Crippen molar-refractivity contribution in [3.8, 4) is 17.2 Å². The minimum absolute atomic E-state index is 0.252. The third-order valence-electron chi connectivity index (χ3n) is 2.77. The summed E-state index contributed by atoms with van der Waals surface area (Å²) in [6.07, 6.45) is 1.37. The minimum atomic E-state index is 0.252. The van der Waals surface area contributed by atoms with Crippen LogP contribution in [0.5, 0.6) is 17.2 Å². The van der Waals surface area contributed by atoms with Gasteiger partial charge in [-0.2, -0.15) is 0 Å². The van der Waals surface area contributed by atoms with Gasteiger partial charge >= 0.3 is 0 Å². The molecule has 20 heavy (non-hydrogen) atoms. The molecule has 0 atom stereocenters. The van der Waals surface area contributed by atoms with Gasteiger partial charge in [0.1, 0.15) is 19.5 Å². The first kappa shape index (κ1) is 12.8. The lowest BCUT2D eigenvalue weighted by Gasteiger charge is -2.19. The molecule has 0 saturated carbocycles. The van der Waals surface area contributed by atoms with Gasteiger partial charge in [0, 0.05) is 11.8 Å². The van der Waals surface area contributed by atoms with Crippen molar-refractivity contribution >= 4 is 23.1 Å². The van der Waals surface area contributed by atoms with Crippen molar-refractivity contribution in [2.75, 3.05) is 25.6 Å². The fourth-order valence-electron chi connectivity index (χ4n) is 1.88. The van der Waals surface area contributed by atoms with Crippen LogP contribution in [-0.4, -0.2) is 30.3 Å². The molecule has 3 rings (SSSR count). The molecule has 1 N–H and O–H groups in total. The zero-order valence-electron chi connectivity index (χ0n) is 10.7. The highest BCUT2D eigenvalue weighted by Crippen LogP contribution is 2.35. The topological polar surface area (TPSA) is 65.5 Å². The number of rotatable bonds is 3. The Labute approximate surface area is 120 Å². The van der Waals surface area contributed by atoms with Crippen LogP contribution < -0.4 is 19.5 Å². The van der Waals surface area contributed by atoms with E-state index in [1.54, 1.807) is 0 Å². The fraction of sp³-hybridized carbons (Fsp3) is 0.231. The number of hydrogen-bond donors (Lipinski definition) is 1. The fourth-order valence-corrected chi connectivity index (χ4v) is 2.09. The second-order valence-corrected chi connectivity index (χ2v) is 4.39. The predicted molar refractivity (Wildman–Crippen MR) is 74.3 cm³/mol. The van der Waals surface area contributed by atoms with E-state index in [9.17, 15) is 0 Å². The molecule has 0 bridgehead atoms. The number of aromatic nitrogens is 2. The maximum Gasteiger partial charge on any atom is 0.199 e. The monoisotopic (exact) mass is 293 g/mol. The molecule has 0 fully saturated rings. The average Bonchev–Trinajstić information content (AvgIpc) is 2.47. The van der Waals surface area contributed by atoms with Crippen LogP contribution >= 0.6 is 11.6 Å². The van der Waals surface area contributed by atoms with Gasteiger partial charge in [0.2, 0.25) is 0 Å². The second kappa shape index (κ2) is 5.42. The molecular weight excluding hydrogens is 282 g/mol. The smallest absolute Gasteiger partial charge is 0.199 e. The molecular formula is C13H12ClN3O3. The lowest BCUT2D eigenvalue weighted by Crippen LogP contribution is -2.15. The van der Waals surface area contributed by atoms with Gasteiger partial charge in [-0.25, -0.2) is 9.97 Å². The van der Waals surface area contributed by atoms with E-state index in [2.05, 4.69) is 15.3 Å². The van der Waals surface area contributed by atoms with Gasteiger partial charge in [-0.05, 0) is 12.1 Å². The second-order valence-electron chi connectivity index (χ2n) is 4.03. The molecule has 0 aliphatic carbocycles. The van der Waals surface area contributed by atoms with Gasteiger partial charge < -0.3 is 19.5 Å². The van der Waals surface area contributed by atoms with Gasteiger partial charge in [-0.1, -0.05) is 11.6 Å². The number of nitrogens with one attached hydrogen (secondary N) is 1. The zero-order chi connectivity index (χ0) is 13.9. The Hall–Kier alpha value is -2.21. The van der Waals surface area contributed by atoms with Crippen molar-refractivity contribution < 1.29 is 14.2 Å². The Morgan fingerprint density at radius 3 is 2.80 bits per heavy atom. The summed E-state index contributed by atoms with van der Waals surface area (Å²) in [5.41, 5.74) is 0.794. The first-order chi connectivity index (χ1) is 9.78.